The van der Waals surface area contributed by atoms with Gasteiger partial charge in [0.15, 0.2) is 0 Å². The molecule has 0 bridgehead atoms. The van der Waals surface area contributed by atoms with Crippen LogP contribution in [0.25, 0.3) is 11.1 Å². The number of ether oxygens (including phenoxy) is 1. The highest BCUT2D eigenvalue weighted by Crippen LogP contribution is 2.33. The molecule has 2 aromatic carbocycles. The lowest BCUT2D eigenvalue weighted by Gasteiger charge is -2.11. The van der Waals surface area contributed by atoms with Crippen LogP contribution in [0.3, 0.4) is 0 Å². The van der Waals surface area contributed by atoms with Crippen LogP contribution >= 0.6 is 0 Å². The van der Waals surface area contributed by atoms with E-state index in [2.05, 4.69) is 49.4 Å². The van der Waals surface area contributed by atoms with E-state index in [1.54, 1.807) is 0 Å². The lowest BCUT2D eigenvalue weighted by Crippen LogP contribution is -1.92. The van der Waals surface area contributed by atoms with Crippen molar-refractivity contribution in [3.8, 4) is 11.1 Å². The van der Waals surface area contributed by atoms with Gasteiger partial charge in [0, 0.05) is 0 Å². The third kappa shape index (κ3) is 1.44. The van der Waals surface area contributed by atoms with Gasteiger partial charge in [0.2, 0.25) is 0 Å². The second kappa shape index (κ2) is 3.76. The molecule has 0 amide bonds. The average Bonchev–Trinajstić information content (AvgIpc) is 2.78. The molecular formula is C15H14O. The van der Waals surface area contributed by atoms with Gasteiger partial charge in [-0.1, -0.05) is 42.5 Å². The highest BCUT2D eigenvalue weighted by atomic mass is 16.5. The van der Waals surface area contributed by atoms with Crippen LogP contribution in [0.2, 0.25) is 0 Å². The van der Waals surface area contributed by atoms with E-state index in [4.69, 9.17) is 4.74 Å². The van der Waals surface area contributed by atoms with Crippen LogP contribution in [0.5, 0.6) is 0 Å². The minimum atomic E-state index is 0.751. The molecule has 80 valence electrons. The molecule has 0 N–H and O–H groups in total. The van der Waals surface area contributed by atoms with Crippen molar-refractivity contribution >= 4 is 0 Å². The summed E-state index contributed by atoms with van der Waals surface area (Å²) in [5.41, 5.74) is 6.68. The summed E-state index contributed by atoms with van der Waals surface area (Å²) in [5, 5.41) is 0. The van der Waals surface area contributed by atoms with Gasteiger partial charge in [-0.25, -0.2) is 0 Å². The first-order chi connectivity index (χ1) is 7.86. The second-order valence-corrected chi connectivity index (χ2v) is 4.25. The van der Waals surface area contributed by atoms with E-state index in [0.717, 1.165) is 13.2 Å². The topological polar surface area (TPSA) is 9.23 Å². The molecular weight excluding hydrogens is 196 g/mol. The normalized spacial score (nSPS) is 13.8. The van der Waals surface area contributed by atoms with Crippen LogP contribution in [-0.2, 0) is 18.0 Å². The van der Waals surface area contributed by atoms with E-state index in [1.165, 1.54) is 27.8 Å². The Morgan fingerprint density at radius 3 is 2.56 bits per heavy atom. The maximum Gasteiger partial charge on any atom is 0.0731 e. The summed E-state index contributed by atoms with van der Waals surface area (Å²) in [7, 11) is 0. The Morgan fingerprint density at radius 2 is 1.75 bits per heavy atom. The predicted octanol–water partition coefficient (Wildman–Crippen LogP) is 3.69. The number of rotatable bonds is 1. The Balaban J connectivity index is 2.24. The van der Waals surface area contributed by atoms with Gasteiger partial charge < -0.3 is 4.74 Å². The van der Waals surface area contributed by atoms with Gasteiger partial charge in [-0.2, -0.15) is 0 Å². The molecule has 0 unspecified atom stereocenters. The number of hydrogen-bond acceptors (Lipinski definition) is 1. The van der Waals surface area contributed by atoms with Crippen LogP contribution in [-0.4, -0.2) is 0 Å². The summed E-state index contributed by atoms with van der Waals surface area (Å²) < 4.78 is 5.53. The first-order valence-corrected chi connectivity index (χ1v) is 5.61. The predicted molar refractivity (Wildman–Crippen MR) is 65.1 cm³/mol. The Hall–Kier alpha value is -1.60. The largest absolute Gasteiger partial charge is 0.372 e. The fourth-order valence-corrected chi connectivity index (χ4v) is 2.38. The Labute approximate surface area is 95.7 Å². The maximum atomic E-state index is 5.53. The lowest BCUT2D eigenvalue weighted by atomic mass is 9.93. The van der Waals surface area contributed by atoms with E-state index in [-0.39, 0.29) is 0 Å². The van der Waals surface area contributed by atoms with Crippen molar-refractivity contribution in [1.29, 1.82) is 0 Å². The Kier molecular flexibility index (Phi) is 2.26. The fourth-order valence-electron chi connectivity index (χ4n) is 2.38. The summed E-state index contributed by atoms with van der Waals surface area (Å²) in [5.74, 6) is 0. The average molecular weight is 210 g/mol. The number of aryl methyl sites for hydroxylation is 1. The molecule has 1 aliphatic rings. The van der Waals surface area contributed by atoms with Gasteiger partial charge in [-0.05, 0) is 34.7 Å². The standard InChI is InChI=1S/C15H14O/c1-11-7-8-13-9-16-10-14(13)15(11)12-5-3-2-4-6-12/h2-8H,9-10H2,1H3. The number of hydrogen-bond donors (Lipinski definition) is 0. The molecule has 1 aliphatic heterocycles. The van der Waals surface area contributed by atoms with Crippen LogP contribution in [0, 0.1) is 6.92 Å². The van der Waals surface area contributed by atoms with Crippen LogP contribution in [0.4, 0.5) is 0 Å². The van der Waals surface area contributed by atoms with Crippen LogP contribution < -0.4 is 0 Å². The van der Waals surface area contributed by atoms with Crippen molar-refractivity contribution in [3.05, 3.63) is 59.2 Å². The van der Waals surface area contributed by atoms with E-state index in [9.17, 15) is 0 Å². The molecule has 0 radical (unpaired) electrons. The first kappa shape index (κ1) is 9.61. The van der Waals surface area contributed by atoms with Gasteiger partial charge in [0.1, 0.15) is 0 Å². The number of benzene rings is 2. The van der Waals surface area contributed by atoms with Crippen molar-refractivity contribution in [2.75, 3.05) is 0 Å². The molecule has 1 nitrogen and oxygen atoms in total. The SMILES string of the molecule is Cc1ccc2c(c1-c1ccccc1)COC2. The third-order valence-corrected chi connectivity index (χ3v) is 3.18. The molecule has 1 heterocycles. The minimum absolute atomic E-state index is 0.751. The molecule has 0 spiro atoms. The Bertz CT molecular complexity index is 514. The summed E-state index contributed by atoms with van der Waals surface area (Å²) in [4.78, 5) is 0. The summed E-state index contributed by atoms with van der Waals surface area (Å²) >= 11 is 0. The lowest BCUT2D eigenvalue weighted by molar-refractivity contribution is 0.134. The molecule has 0 aromatic heterocycles. The summed E-state index contributed by atoms with van der Waals surface area (Å²) in [6.07, 6.45) is 0. The van der Waals surface area contributed by atoms with Gasteiger partial charge in [0.05, 0.1) is 13.2 Å². The fraction of sp³-hybridized carbons (Fsp3) is 0.200. The second-order valence-electron chi connectivity index (χ2n) is 4.25. The maximum absolute atomic E-state index is 5.53. The molecule has 0 saturated heterocycles. The van der Waals surface area contributed by atoms with E-state index in [0.29, 0.717) is 0 Å². The van der Waals surface area contributed by atoms with Crippen molar-refractivity contribution < 1.29 is 4.74 Å². The zero-order valence-corrected chi connectivity index (χ0v) is 9.36. The van der Waals surface area contributed by atoms with Crippen molar-refractivity contribution in [1.82, 2.24) is 0 Å². The molecule has 0 fully saturated rings. The molecule has 1 heteroatoms. The zero-order chi connectivity index (χ0) is 11.0. The summed E-state index contributed by atoms with van der Waals surface area (Å²) in [6, 6.07) is 14.9. The summed E-state index contributed by atoms with van der Waals surface area (Å²) in [6.45, 7) is 3.68. The molecule has 0 saturated carbocycles. The van der Waals surface area contributed by atoms with E-state index in [1.807, 2.05) is 0 Å². The highest BCUT2D eigenvalue weighted by molar-refractivity contribution is 5.72. The molecule has 3 rings (SSSR count). The minimum Gasteiger partial charge on any atom is -0.372 e. The highest BCUT2D eigenvalue weighted by Gasteiger charge is 2.17. The van der Waals surface area contributed by atoms with Gasteiger partial charge in [0.25, 0.3) is 0 Å². The monoisotopic (exact) mass is 210 g/mol. The van der Waals surface area contributed by atoms with Crippen molar-refractivity contribution in [2.45, 2.75) is 20.1 Å². The van der Waals surface area contributed by atoms with E-state index >= 15 is 0 Å². The molecule has 0 atom stereocenters. The Morgan fingerprint density at radius 1 is 0.938 bits per heavy atom. The first-order valence-electron chi connectivity index (χ1n) is 5.61. The van der Waals surface area contributed by atoms with Crippen LogP contribution in [0.1, 0.15) is 16.7 Å². The van der Waals surface area contributed by atoms with Gasteiger partial charge in [-0.15, -0.1) is 0 Å². The number of fused-ring (bicyclic) bond motifs is 1. The van der Waals surface area contributed by atoms with Gasteiger partial charge >= 0.3 is 0 Å². The third-order valence-electron chi connectivity index (χ3n) is 3.18. The smallest absolute Gasteiger partial charge is 0.0731 e. The van der Waals surface area contributed by atoms with Crippen LogP contribution in [0.15, 0.2) is 42.5 Å². The quantitative estimate of drug-likeness (QED) is 0.697. The van der Waals surface area contributed by atoms with E-state index < -0.39 is 0 Å². The van der Waals surface area contributed by atoms with Gasteiger partial charge in [-0.3, -0.25) is 0 Å². The molecule has 2 aromatic rings. The van der Waals surface area contributed by atoms with Crippen molar-refractivity contribution in [3.63, 3.8) is 0 Å². The molecule has 0 aliphatic carbocycles. The molecule has 16 heavy (non-hydrogen) atoms. The van der Waals surface area contributed by atoms with Crippen molar-refractivity contribution in [2.24, 2.45) is 0 Å². The zero-order valence-electron chi connectivity index (χ0n) is 9.36.